The van der Waals surface area contributed by atoms with Crippen molar-refractivity contribution >= 4 is 52.7 Å². The fourth-order valence-electron chi connectivity index (χ4n) is 16.2. The van der Waals surface area contributed by atoms with E-state index in [0.29, 0.717) is 63.8 Å². The summed E-state index contributed by atoms with van der Waals surface area (Å²) in [4.78, 5) is 110. The van der Waals surface area contributed by atoms with E-state index in [4.69, 9.17) is 48.4 Å². The highest BCUT2D eigenvalue weighted by Gasteiger charge is 2.80. The van der Waals surface area contributed by atoms with Gasteiger partial charge in [0, 0.05) is 79.2 Å². The van der Waals surface area contributed by atoms with Crippen LogP contribution in [0.15, 0.2) is 72.3 Å². The molecule has 3 aromatic rings. The molecule has 584 valence electrons. The number of unbranched alkanes of at least 4 members (excludes halogenated alkanes) is 1. The number of rotatable bonds is 45. The number of hydrogen-bond donors (Lipinski definition) is 6. The number of carbonyl (C=O) groups excluding carboxylic acids is 8. The standard InChI is InChI=1S/C77H109F2N9O18/c1-7-9-29-98-33-37-102-40-36-101-32-28-88-71-55-19-12-13-20-60(55)87(49-52-16-10-11-18-54(52)70(71)85-86-88)67(95)22-21-65(93)81-27-31-100-35-39-104-42-41-103-38-34-99-30-24-66(94)84-69(50(3)4)61(90)43-51(17-14-26-82-73(80)97)72(96)83-48-63(92)77-64(105-68(106-77)15-8-2)46-56-57-45-59(78)58-44-53(89)23-25-74(58,5)76(57,79)62(91)47-75(56,77)6/h10-13,16,18-20,23,25,44,50-51,56-57,59,62,64,68-69,91H,7-9,14-15,17,21-22,24,26-43,45-49H2,1-6H3,(H,81,93)(H,83,96)(H,84,94)(H3,80,82,97)/t51-,56+,57+,59+,62+,64-,68?,69+,74+,75+,76+,77-/m1/s1. The average Bonchev–Trinajstić information content (AvgIpc) is 1.44. The van der Waals surface area contributed by atoms with Gasteiger partial charge in [0.2, 0.25) is 23.6 Å². The summed E-state index contributed by atoms with van der Waals surface area (Å²) in [6.07, 6.45) is 0.941. The van der Waals surface area contributed by atoms with Gasteiger partial charge in [-0.15, -0.1) is 5.10 Å². The smallest absolute Gasteiger partial charge is 0.312 e. The van der Waals surface area contributed by atoms with Gasteiger partial charge >= 0.3 is 6.03 Å². The number of ether oxygens (including phenoxy) is 9. The number of fused-ring (bicyclic) bond motifs is 12. The minimum Gasteiger partial charge on any atom is -0.390 e. The SMILES string of the molecule is CCCCOCCOCCOCCn1nnc2c1-c1ccccc1N(C(=O)CCC(=O)NCCOCCOCCOCCOCCC(=O)N[C@H](C(=O)C[C@@H](CCCNC(N)=O)C(=O)NCC(=O)[C@@]13OC(CCC)O[C@@H]1C[C@H]1[C@@H]4C[C@H](F)C5=CC(=O)C=C[C@]5(C)[C@@]4(F)[C@@H](O)C[C@@]13C)C(C)C)Cc1ccccc1-2. The third-order valence-electron chi connectivity index (χ3n) is 21.6. The van der Waals surface area contributed by atoms with Gasteiger partial charge in [-0.05, 0) is 93.1 Å². The molecule has 0 spiro atoms. The number of alkyl halides is 2. The Hall–Kier alpha value is -7.32. The number of nitrogens with one attached hydrogen (secondary N) is 4. The second-order valence-corrected chi connectivity index (χ2v) is 28.9. The number of primary amides is 1. The third kappa shape index (κ3) is 19.6. The predicted octanol–water partition coefficient (Wildman–Crippen LogP) is 6.72. The molecule has 106 heavy (non-hydrogen) atoms. The zero-order chi connectivity index (χ0) is 76.0. The van der Waals surface area contributed by atoms with Crippen molar-refractivity contribution in [1.82, 2.24) is 36.3 Å². The van der Waals surface area contributed by atoms with Crippen LogP contribution in [0.2, 0.25) is 0 Å². The molecule has 7 N–H and O–H groups in total. The molecule has 29 heteroatoms. The zero-order valence-electron chi connectivity index (χ0n) is 62.2. The number of nitrogens with zero attached hydrogens (tertiary/aromatic N) is 4. The molecule has 2 aliphatic heterocycles. The molecule has 9 rings (SSSR count). The fourth-order valence-corrected chi connectivity index (χ4v) is 16.2. The summed E-state index contributed by atoms with van der Waals surface area (Å²) < 4.78 is 88.9. The molecule has 3 saturated carbocycles. The van der Waals surface area contributed by atoms with Gasteiger partial charge in [-0.2, -0.15) is 0 Å². The van der Waals surface area contributed by atoms with E-state index in [2.05, 4.69) is 38.5 Å². The van der Waals surface area contributed by atoms with Gasteiger partial charge in [0.05, 0.1) is 135 Å². The van der Waals surface area contributed by atoms with E-state index < -0.39 is 118 Å². The summed E-state index contributed by atoms with van der Waals surface area (Å²) in [5.41, 5.74) is 2.80. The van der Waals surface area contributed by atoms with Crippen LogP contribution < -0.4 is 31.9 Å². The molecule has 4 fully saturated rings. The number of para-hydroxylation sites is 1. The minimum absolute atomic E-state index is 0.0207. The number of benzene rings is 2. The van der Waals surface area contributed by atoms with E-state index >= 15 is 13.6 Å². The molecule has 1 aromatic heterocycles. The van der Waals surface area contributed by atoms with Crippen LogP contribution in [-0.2, 0) is 89.3 Å². The predicted molar refractivity (Wildman–Crippen MR) is 386 cm³/mol. The average molecular weight is 1490 g/mol. The highest BCUT2D eigenvalue weighted by atomic mass is 19.1. The number of nitrogens with two attached hydrogens (primary N) is 1. The van der Waals surface area contributed by atoms with Crippen molar-refractivity contribution in [2.45, 2.75) is 180 Å². The van der Waals surface area contributed by atoms with Gasteiger partial charge < -0.3 is 79.6 Å². The summed E-state index contributed by atoms with van der Waals surface area (Å²) in [5, 5.41) is 32.1. The number of aromatic nitrogens is 3. The van der Waals surface area contributed by atoms with Crippen molar-refractivity contribution in [1.29, 1.82) is 0 Å². The first-order valence-electron chi connectivity index (χ1n) is 37.7. The van der Waals surface area contributed by atoms with E-state index in [1.54, 1.807) is 30.4 Å². The summed E-state index contributed by atoms with van der Waals surface area (Å²) in [6, 6.07) is 13.7. The number of urea groups is 1. The number of aliphatic hydroxyl groups excluding tert-OH is 1. The number of allylic oxidation sites excluding steroid dienone is 4. The topological polar surface area (TPSA) is 348 Å². The molecule has 6 amide bonds. The molecule has 0 bridgehead atoms. The number of carbonyl (C=O) groups is 8. The number of ketones is 3. The van der Waals surface area contributed by atoms with Crippen molar-refractivity contribution < 1.29 is 94.9 Å². The maximum Gasteiger partial charge on any atom is 0.312 e. The van der Waals surface area contributed by atoms with E-state index in [0.717, 1.165) is 47.9 Å². The Morgan fingerprint density at radius 1 is 0.745 bits per heavy atom. The lowest BCUT2D eigenvalue weighted by molar-refractivity contribution is -0.234. The number of anilines is 1. The van der Waals surface area contributed by atoms with Crippen molar-refractivity contribution in [3.8, 4) is 22.5 Å². The highest BCUT2D eigenvalue weighted by Crippen LogP contribution is 2.72. The lowest BCUT2D eigenvalue weighted by atomic mass is 9.44. The molecule has 0 radical (unpaired) electrons. The summed E-state index contributed by atoms with van der Waals surface area (Å²) in [5.74, 6) is -6.41. The monoisotopic (exact) mass is 1490 g/mol. The second kappa shape index (κ2) is 39.2. The van der Waals surface area contributed by atoms with Crippen LogP contribution >= 0.6 is 0 Å². The van der Waals surface area contributed by atoms with Crippen LogP contribution in [-0.4, -0.2) is 221 Å². The molecule has 6 aliphatic rings. The molecule has 4 aliphatic carbocycles. The molecule has 3 heterocycles. The highest BCUT2D eigenvalue weighted by molar-refractivity contribution is 6.02. The third-order valence-corrected chi connectivity index (χ3v) is 21.6. The lowest BCUT2D eigenvalue weighted by Gasteiger charge is -2.63. The molecule has 12 atom stereocenters. The van der Waals surface area contributed by atoms with Crippen molar-refractivity contribution in [3.63, 3.8) is 0 Å². The van der Waals surface area contributed by atoms with Gasteiger partial charge in [0.1, 0.15) is 11.9 Å². The first-order valence-corrected chi connectivity index (χ1v) is 37.7. The van der Waals surface area contributed by atoms with Crippen molar-refractivity contribution in [2.24, 2.45) is 40.2 Å². The number of aliphatic hydroxyl groups is 1. The largest absolute Gasteiger partial charge is 0.390 e. The number of Topliss-reactive ketones (excluding diaryl/α,β-unsaturated/α-hetero) is 2. The van der Waals surface area contributed by atoms with Crippen LogP contribution in [0.1, 0.15) is 131 Å². The van der Waals surface area contributed by atoms with Gasteiger partial charge in [0.15, 0.2) is 34.9 Å². The number of halogens is 2. The second-order valence-electron chi connectivity index (χ2n) is 28.9. The van der Waals surface area contributed by atoms with Crippen molar-refractivity contribution in [3.05, 3.63) is 77.9 Å². The van der Waals surface area contributed by atoms with E-state index in [9.17, 15) is 38.7 Å². The van der Waals surface area contributed by atoms with E-state index in [1.165, 1.54) is 19.1 Å². The number of hydrogen-bond acceptors (Lipinski definition) is 20. The Balaban J connectivity index is 0.649. The van der Waals surface area contributed by atoms with Gasteiger partial charge in [0.25, 0.3) is 0 Å². The minimum atomic E-state index is -2.41. The van der Waals surface area contributed by atoms with E-state index in [1.807, 2.05) is 55.5 Å². The van der Waals surface area contributed by atoms with Gasteiger partial charge in [-0.25, -0.2) is 18.3 Å². The Bertz CT molecular complexity index is 3560. The van der Waals surface area contributed by atoms with E-state index in [-0.39, 0.29) is 148 Å². The quantitative estimate of drug-likeness (QED) is 0.0320. The normalized spacial score (nSPS) is 25.3. The van der Waals surface area contributed by atoms with Gasteiger partial charge in [-0.1, -0.05) is 101 Å². The summed E-state index contributed by atoms with van der Waals surface area (Å²) in [7, 11) is 0. The molecule has 1 unspecified atom stereocenters. The lowest BCUT2D eigenvalue weighted by Crippen LogP contribution is -2.71. The molecule has 27 nitrogen and oxygen atoms in total. The number of amides is 6. The van der Waals surface area contributed by atoms with Gasteiger partial charge in [-0.3, -0.25) is 33.6 Å². The molecular weight excluding hydrogens is 1380 g/mol. The molecule has 2 aromatic carbocycles. The molecular formula is C77H109F2N9O18. The van der Waals surface area contributed by atoms with Crippen LogP contribution in [0.5, 0.6) is 0 Å². The Morgan fingerprint density at radius 3 is 2.08 bits per heavy atom. The maximum atomic E-state index is 18.1. The molecule has 1 saturated heterocycles. The maximum absolute atomic E-state index is 18.1. The Kier molecular flexibility index (Phi) is 30.6. The fraction of sp³-hybridized carbons (Fsp3) is 0.662. The van der Waals surface area contributed by atoms with Crippen molar-refractivity contribution in [2.75, 3.05) is 117 Å². The first kappa shape index (κ1) is 82.7. The van der Waals surface area contributed by atoms with Crippen LogP contribution in [0.3, 0.4) is 0 Å². The Labute approximate surface area is 619 Å². The summed E-state index contributed by atoms with van der Waals surface area (Å²) >= 11 is 0. The zero-order valence-corrected chi connectivity index (χ0v) is 62.2. The van der Waals surface area contributed by atoms with Crippen LogP contribution in [0, 0.1) is 34.5 Å². The summed E-state index contributed by atoms with van der Waals surface area (Å²) in [6.45, 7) is 15.9. The first-order chi connectivity index (χ1) is 51.0. The Morgan fingerprint density at radius 2 is 1.40 bits per heavy atom. The van der Waals surface area contributed by atoms with Crippen LogP contribution in [0.4, 0.5) is 19.3 Å². The van der Waals surface area contributed by atoms with Crippen LogP contribution in [0.25, 0.3) is 22.5 Å².